The van der Waals surface area contributed by atoms with E-state index in [1.165, 1.54) is 17.4 Å². The van der Waals surface area contributed by atoms with Crippen molar-refractivity contribution in [3.05, 3.63) is 48.8 Å². The summed E-state index contributed by atoms with van der Waals surface area (Å²) in [7, 11) is 0. The van der Waals surface area contributed by atoms with Gasteiger partial charge >= 0.3 is 18.5 Å². The second-order valence-corrected chi connectivity index (χ2v) is 7.65. The number of aromatic nitrogens is 1. The number of pyridine rings is 1. The number of nitrogens with zero attached hydrogens (tertiary/aromatic N) is 1. The molecule has 0 radical (unpaired) electrons. The molecule has 0 fully saturated rings. The van der Waals surface area contributed by atoms with Crippen molar-refractivity contribution in [1.82, 2.24) is 4.98 Å². The zero-order valence-corrected chi connectivity index (χ0v) is 17.1. The van der Waals surface area contributed by atoms with Crippen LogP contribution in [0.5, 0.6) is 5.75 Å². The summed E-state index contributed by atoms with van der Waals surface area (Å²) in [6.07, 6.45) is -13.8. The summed E-state index contributed by atoms with van der Waals surface area (Å²) >= 11 is 1.42. The first-order valence-electron chi connectivity index (χ1n) is 9.20. The van der Waals surface area contributed by atoms with Gasteiger partial charge in [-0.05, 0) is 35.7 Å². The van der Waals surface area contributed by atoms with Crippen LogP contribution < -0.4 is 4.74 Å². The fourth-order valence-electron chi connectivity index (χ4n) is 2.64. The Morgan fingerprint density at radius 1 is 0.938 bits per heavy atom. The van der Waals surface area contributed by atoms with Gasteiger partial charge in [0.15, 0.2) is 0 Å². The minimum absolute atomic E-state index is 0.213. The lowest BCUT2D eigenvalue weighted by atomic mass is 10.2. The first kappa shape index (κ1) is 24.2. The third-order valence-corrected chi connectivity index (χ3v) is 5.19. The Morgan fingerprint density at radius 3 is 2.31 bits per heavy atom. The van der Waals surface area contributed by atoms with E-state index in [4.69, 9.17) is 9.84 Å². The van der Waals surface area contributed by atoms with Gasteiger partial charge in [-0.1, -0.05) is 6.07 Å². The molecule has 0 saturated carbocycles. The van der Waals surface area contributed by atoms with E-state index in [9.17, 15) is 26.3 Å². The summed E-state index contributed by atoms with van der Waals surface area (Å²) in [5, 5.41) is 9.25. The minimum Gasteiger partial charge on any atom is -0.493 e. The van der Waals surface area contributed by atoms with Crippen molar-refractivity contribution in [3.63, 3.8) is 0 Å². The molecule has 3 aromatic rings. The van der Waals surface area contributed by atoms with Gasteiger partial charge in [-0.25, -0.2) is 9.47 Å². The SMILES string of the molecule is OCCC(F)(F)OC(F)(F)OC(F)(F)CCOc1ccc2cc(-c3cccnc3)sc2c1. The molecule has 5 nitrogen and oxygen atoms in total. The van der Waals surface area contributed by atoms with Crippen molar-refractivity contribution in [2.45, 2.75) is 31.4 Å². The van der Waals surface area contributed by atoms with E-state index in [1.54, 1.807) is 30.6 Å². The van der Waals surface area contributed by atoms with Gasteiger partial charge in [0, 0.05) is 27.5 Å². The summed E-state index contributed by atoms with van der Waals surface area (Å²) in [6.45, 7) is -1.92. The van der Waals surface area contributed by atoms with E-state index in [-0.39, 0.29) is 5.75 Å². The van der Waals surface area contributed by atoms with Crippen molar-refractivity contribution in [2.75, 3.05) is 13.2 Å². The number of aliphatic hydroxyl groups is 1. The topological polar surface area (TPSA) is 60.8 Å². The number of alkyl halides is 6. The Bertz CT molecular complexity index is 1030. The monoisotopic (exact) mass is 481 g/mol. The van der Waals surface area contributed by atoms with E-state index in [0.29, 0.717) is 0 Å². The molecule has 174 valence electrons. The van der Waals surface area contributed by atoms with E-state index >= 15 is 0 Å². The first-order chi connectivity index (χ1) is 15.0. The van der Waals surface area contributed by atoms with Crippen LogP contribution in [0.2, 0.25) is 0 Å². The Labute approximate surface area is 182 Å². The van der Waals surface area contributed by atoms with Crippen LogP contribution in [0.1, 0.15) is 12.8 Å². The summed E-state index contributed by atoms with van der Waals surface area (Å²) in [5.41, 5.74) is 0.903. The second kappa shape index (κ2) is 9.61. The van der Waals surface area contributed by atoms with Crippen molar-refractivity contribution in [2.24, 2.45) is 0 Å². The molecule has 0 aliphatic carbocycles. The molecule has 3 rings (SSSR count). The lowest BCUT2D eigenvalue weighted by molar-refractivity contribution is -0.514. The fraction of sp³-hybridized carbons (Fsp3) is 0.350. The Balaban J connectivity index is 1.57. The van der Waals surface area contributed by atoms with E-state index in [2.05, 4.69) is 14.5 Å². The summed E-state index contributed by atoms with van der Waals surface area (Å²) in [5.74, 6) is 0.213. The third-order valence-electron chi connectivity index (χ3n) is 4.04. The molecular weight excluding hydrogens is 464 g/mol. The van der Waals surface area contributed by atoms with Gasteiger partial charge in [-0.15, -0.1) is 20.1 Å². The number of rotatable bonds is 11. The highest BCUT2D eigenvalue weighted by atomic mass is 32.1. The molecule has 0 saturated heterocycles. The number of halogens is 6. The maximum absolute atomic E-state index is 13.7. The van der Waals surface area contributed by atoms with Gasteiger partial charge in [-0.3, -0.25) is 4.98 Å². The molecule has 0 spiro atoms. The first-order valence-corrected chi connectivity index (χ1v) is 10.0. The Morgan fingerprint density at radius 2 is 1.66 bits per heavy atom. The molecule has 12 heteroatoms. The van der Waals surface area contributed by atoms with Crippen LogP contribution in [0.3, 0.4) is 0 Å². The predicted octanol–water partition coefficient (Wildman–Crippen LogP) is 5.88. The van der Waals surface area contributed by atoms with E-state index in [0.717, 1.165) is 20.5 Å². The maximum atomic E-state index is 13.7. The smallest absolute Gasteiger partial charge is 0.493 e. The molecule has 1 aromatic carbocycles. The predicted molar refractivity (Wildman–Crippen MR) is 104 cm³/mol. The molecule has 0 amide bonds. The molecule has 2 heterocycles. The maximum Gasteiger partial charge on any atom is 0.494 e. The zero-order valence-electron chi connectivity index (χ0n) is 16.2. The highest BCUT2D eigenvalue weighted by Crippen LogP contribution is 2.37. The van der Waals surface area contributed by atoms with Crippen molar-refractivity contribution in [1.29, 1.82) is 0 Å². The van der Waals surface area contributed by atoms with Crippen LogP contribution in [0.15, 0.2) is 48.8 Å². The Hall–Kier alpha value is -2.41. The fourth-order valence-corrected chi connectivity index (χ4v) is 3.72. The molecular formula is C20H17F6NO4S. The lowest BCUT2D eigenvalue weighted by Crippen LogP contribution is -2.41. The van der Waals surface area contributed by atoms with Gasteiger partial charge in [0.2, 0.25) is 0 Å². The number of thiophene rings is 1. The van der Waals surface area contributed by atoms with Crippen LogP contribution in [-0.2, 0) is 9.47 Å². The quantitative estimate of drug-likeness (QED) is 0.274. The molecule has 0 unspecified atom stereocenters. The average Bonchev–Trinajstić information content (AvgIpc) is 3.10. The summed E-state index contributed by atoms with van der Waals surface area (Å²) < 4.78 is 92.0. The van der Waals surface area contributed by atoms with Gasteiger partial charge in [0.1, 0.15) is 5.75 Å². The molecule has 0 bridgehead atoms. The molecule has 2 aromatic heterocycles. The normalized spacial score (nSPS) is 13.0. The number of ether oxygens (including phenoxy) is 3. The van der Waals surface area contributed by atoms with E-state index < -0.39 is 44.6 Å². The highest BCUT2D eigenvalue weighted by molar-refractivity contribution is 7.22. The van der Waals surface area contributed by atoms with Crippen LogP contribution in [-0.4, -0.2) is 41.8 Å². The van der Waals surface area contributed by atoms with Crippen molar-refractivity contribution in [3.8, 4) is 16.2 Å². The zero-order chi connectivity index (χ0) is 23.4. The van der Waals surface area contributed by atoms with Crippen LogP contribution in [0.4, 0.5) is 26.3 Å². The standard InChI is InChI=1S/C20H17F6NO4S/c21-18(22,5-8-28)30-20(25,26)31-19(23,24)6-9-29-15-4-3-13-10-16(32-17(13)11-15)14-2-1-7-27-12-14/h1-4,7,10-12,28H,5-6,8-9H2. The van der Waals surface area contributed by atoms with Crippen molar-refractivity contribution >= 4 is 21.4 Å². The number of hydrogen-bond acceptors (Lipinski definition) is 6. The number of hydrogen-bond donors (Lipinski definition) is 1. The van der Waals surface area contributed by atoms with E-state index in [1.807, 2.05) is 12.1 Å². The highest BCUT2D eigenvalue weighted by Gasteiger charge is 2.51. The molecule has 32 heavy (non-hydrogen) atoms. The average molecular weight is 481 g/mol. The van der Waals surface area contributed by atoms with Gasteiger partial charge in [-0.2, -0.15) is 17.6 Å². The third kappa shape index (κ3) is 6.79. The van der Waals surface area contributed by atoms with Crippen LogP contribution in [0, 0.1) is 0 Å². The Kier molecular flexibility index (Phi) is 7.28. The molecule has 0 atom stereocenters. The van der Waals surface area contributed by atoms with Gasteiger partial charge in [0.05, 0.1) is 26.1 Å². The number of fused-ring (bicyclic) bond motifs is 1. The van der Waals surface area contributed by atoms with Gasteiger partial charge in [0.25, 0.3) is 0 Å². The molecule has 1 N–H and O–H groups in total. The molecule has 0 aliphatic heterocycles. The second-order valence-electron chi connectivity index (χ2n) is 6.57. The number of aliphatic hydroxyl groups excluding tert-OH is 1. The van der Waals surface area contributed by atoms with Crippen LogP contribution in [0.25, 0.3) is 20.5 Å². The summed E-state index contributed by atoms with van der Waals surface area (Å²) in [4.78, 5) is 4.99. The largest absolute Gasteiger partial charge is 0.494 e. The van der Waals surface area contributed by atoms with Gasteiger partial charge < -0.3 is 9.84 Å². The lowest BCUT2D eigenvalue weighted by Gasteiger charge is -2.26. The number of benzene rings is 1. The van der Waals surface area contributed by atoms with Crippen LogP contribution >= 0.6 is 11.3 Å². The summed E-state index contributed by atoms with van der Waals surface area (Å²) in [6, 6.07) is 10.4. The minimum atomic E-state index is -5.28. The van der Waals surface area contributed by atoms with Crippen molar-refractivity contribution < 1.29 is 45.7 Å². The molecule has 0 aliphatic rings.